The van der Waals surface area contributed by atoms with Crippen LogP contribution in [0.4, 0.5) is 0 Å². The first-order valence-electron chi connectivity index (χ1n) is 18.1. The first-order valence-corrected chi connectivity index (χ1v) is 18.1. The molecule has 284 valence electrons. The Morgan fingerprint density at radius 2 is 0.385 bits per heavy atom. The summed E-state index contributed by atoms with van der Waals surface area (Å²) in [5, 5.41) is 3.92. The predicted octanol–water partition coefficient (Wildman–Crippen LogP) is 5.35. The Kier molecular flexibility index (Phi) is 18.6. The first kappa shape index (κ1) is 39.5. The van der Waals surface area contributed by atoms with Gasteiger partial charge in [-0.05, 0) is 24.3 Å². The zero-order valence-corrected chi connectivity index (χ0v) is 30.0. The van der Waals surface area contributed by atoms with Crippen LogP contribution in [0.2, 0.25) is 0 Å². The molecular formula is C40H52O12. The summed E-state index contributed by atoms with van der Waals surface area (Å²) in [6, 6.07) is 23.7. The van der Waals surface area contributed by atoms with Gasteiger partial charge in [0.2, 0.25) is 0 Å². The summed E-state index contributed by atoms with van der Waals surface area (Å²) < 4.78 is 69.3. The van der Waals surface area contributed by atoms with Crippen molar-refractivity contribution in [1.82, 2.24) is 0 Å². The quantitative estimate of drug-likeness (QED) is 0.233. The maximum absolute atomic E-state index is 6.03. The molecule has 0 N–H and O–H groups in total. The van der Waals surface area contributed by atoms with Gasteiger partial charge in [0.15, 0.2) is 0 Å². The second-order valence-electron chi connectivity index (χ2n) is 11.5. The molecule has 0 aromatic heterocycles. The lowest BCUT2D eigenvalue weighted by atomic mass is 10.1. The monoisotopic (exact) mass is 724 g/mol. The average Bonchev–Trinajstić information content (AvgIpc) is 3.17. The molecule has 0 saturated heterocycles. The van der Waals surface area contributed by atoms with Crippen molar-refractivity contribution in [3.63, 3.8) is 0 Å². The van der Waals surface area contributed by atoms with Crippen molar-refractivity contribution in [2.45, 2.75) is 0 Å². The standard InChI is InChI=1S/C40H52O12/c1-5-33-34-6-2-10-38(33)50-30-26-46-22-18-42-15-16-44-20-24-48-28-32-52-40-12-4-7-35-36(40)8-3-11-39(35)51-31-27-47-23-19-43-14-13-41-17-21-45-25-29-49-37(34)9-1/h1-12H,13-32H2. The van der Waals surface area contributed by atoms with E-state index < -0.39 is 0 Å². The van der Waals surface area contributed by atoms with Gasteiger partial charge in [-0.25, -0.2) is 0 Å². The predicted molar refractivity (Wildman–Crippen MR) is 196 cm³/mol. The third-order valence-corrected chi connectivity index (χ3v) is 7.86. The van der Waals surface area contributed by atoms with Gasteiger partial charge in [-0.15, -0.1) is 0 Å². The smallest absolute Gasteiger partial charge is 0.127 e. The van der Waals surface area contributed by atoms with Crippen LogP contribution in [0.1, 0.15) is 0 Å². The van der Waals surface area contributed by atoms with Gasteiger partial charge in [0, 0.05) is 21.5 Å². The summed E-state index contributed by atoms with van der Waals surface area (Å²) in [5.74, 6) is 3.13. The molecule has 0 aliphatic carbocycles. The summed E-state index contributed by atoms with van der Waals surface area (Å²) in [4.78, 5) is 0. The summed E-state index contributed by atoms with van der Waals surface area (Å²) in [5.41, 5.74) is 0. The average molecular weight is 725 g/mol. The molecule has 1 aliphatic heterocycles. The molecule has 1 heterocycles. The van der Waals surface area contributed by atoms with E-state index >= 15 is 0 Å². The summed E-state index contributed by atoms with van der Waals surface area (Å²) in [6.45, 7) is 9.26. The Balaban J connectivity index is 1.03. The Morgan fingerprint density at radius 3 is 0.577 bits per heavy atom. The Morgan fingerprint density at radius 1 is 0.212 bits per heavy atom. The van der Waals surface area contributed by atoms with Crippen molar-refractivity contribution in [3.8, 4) is 23.0 Å². The largest absolute Gasteiger partial charge is 0.491 e. The highest BCUT2D eigenvalue weighted by atomic mass is 16.6. The number of ether oxygens (including phenoxy) is 12. The lowest BCUT2D eigenvalue weighted by Crippen LogP contribution is -2.15. The van der Waals surface area contributed by atoms with E-state index in [0.29, 0.717) is 132 Å². The molecular weight excluding hydrogens is 672 g/mol. The fourth-order valence-corrected chi connectivity index (χ4v) is 5.37. The SMILES string of the molecule is c1cc2c3cccc(c3c1)OCCOCCOCCOCCOCCOc1cccc3c(cccc13)OCCOCCOCCOCCOCCO2. The third-order valence-electron chi connectivity index (χ3n) is 7.86. The van der Waals surface area contributed by atoms with Crippen molar-refractivity contribution < 1.29 is 56.8 Å². The second-order valence-corrected chi connectivity index (χ2v) is 11.5. The van der Waals surface area contributed by atoms with Crippen LogP contribution < -0.4 is 18.9 Å². The molecule has 12 nitrogen and oxygen atoms in total. The van der Waals surface area contributed by atoms with Crippen LogP contribution in [0.25, 0.3) is 21.5 Å². The number of hydrogen-bond donors (Lipinski definition) is 0. The highest BCUT2D eigenvalue weighted by Gasteiger charge is 2.09. The Hall–Kier alpha value is -3.72. The molecule has 0 radical (unpaired) electrons. The van der Waals surface area contributed by atoms with E-state index in [-0.39, 0.29) is 0 Å². The summed E-state index contributed by atoms with van der Waals surface area (Å²) in [6.07, 6.45) is 0. The Bertz CT molecular complexity index is 1320. The Labute approximate surface area is 306 Å². The third kappa shape index (κ3) is 14.0. The molecule has 8 bridgehead atoms. The highest BCUT2D eigenvalue weighted by molar-refractivity contribution is 5.93. The topological polar surface area (TPSA) is 111 Å². The first-order chi connectivity index (χ1) is 25.9. The van der Waals surface area contributed by atoms with Crippen molar-refractivity contribution in [3.05, 3.63) is 72.8 Å². The molecule has 1 aliphatic rings. The molecule has 0 amide bonds. The fourth-order valence-electron chi connectivity index (χ4n) is 5.37. The van der Waals surface area contributed by atoms with E-state index in [0.717, 1.165) is 44.5 Å². The van der Waals surface area contributed by atoms with Gasteiger partial charge < -0.3 is 56.8 Å². The molecule has 0 fully saturated rings. The highest BCUT2D eigenvalue weighted by Crippen LogP contribution is 2.33. The minimum Gasteiger partial charge on any atom is -0.491 e. The molecule has 4 aromatic carbocycles. The van der Waals surface area contributed by atoms with Crippen LogP contribution in [0.5, 0.6) is 23.0 Å². The fraction of sp³-hybridized carbons (Fsp3) is 0.500. The van der Waals surface area contributed by atoms with Gasteiger partial charge in [-0.2, -0.15) is 0 Å². The minimum atomic E-state index is 0.423. The summed E-state index contributed by atoms with van der Waals surface area (Å²) >= 11 is 0. The number of benzene rings is 4. The molecule has 4 aromatic rings. The van der Waals surface area contributed by atoms with Gasteiger partial charge in [0.05, 0.1) is 106 Å². The lowest BCUT2D eigenvalue weighted by Gasteiger charge is -2.13. The maximum Gasteiger partial charge on any atom is 0.127 e. The number of rotatable bonds is 0. The maximum atomic E-state index is 6.03. The molecule has 0 atom stereocenters. The van der Waals surface area contributed by atoms with Crippen LogP contribution >= 0.6 is 0 Å². The summed E-state index contributed by atoms with van der Waals surface area (Å²) in [7, 11) is 0. The lowest BCUT2D eigenvalue weighted by molar-refractivity contribution is -0.00697. The van der Waals surface area contributed by atoms with Gasteiger partial charge in [-0.3, -0.25) is 0 Å². The normalized spacial score (nSPS) is 18.8. The van der Waals surface area contributed by atoms with E-state index in [2.05, 4.69) is 0 Å². The minimum absolute atomic E-state index is 0.423. The molecule has 12 heteroatoms. The van der Waals surface area contributed by atoms with Crippen LogP contribution in [-0.2, 0) is 37.9 Å². The second kappa shape index (κ2) is 24.5. The van der Waals surface area contributed by atoms with Crippen LogP contribution in [-0.4, -0.2) is 132 Å². The molecule has 5 rings (SSSR count). The zero-order valence-electron chi connectivity index (χ0n) is 30.0. The molecule has 0 saturated carbocycles. The van der Waals surface area contributed by atoms with E-state index in [4.69, 9.17) is 56.8 Å². The van der Waals surface area contributed by atoms with Crippen molar-refractivity contribution in [2.75, 3.05) is 132 Å². The van der Waals surface area contributed by atoms with Crippen LogP contribution in [0.3, 0.4) is 0 Å². The van der Waals surface area contributed by atoms with Crippen LogP contribution in [0, 0.1) is 0 Å². The molecule has 0 unspecified atom stereocenters. The van der Waals surface area contributed by atoms with Gasteiger partial charge in [0.25, 0.3) is 0 Å². The van der Waals surface area contributed by atoms with Crippen molar-refractivity contribution in [2.24, 2.45) is 0 Å². The van der Waals surface area contributed by atoms with Gasteiger partial charge in [-0.1, -0.05) is 48.5 Å². The zero-order chi connectivity index (χ0) is 35.7. The van der Waals surface area contributed by atoms with Gasteiger partial charge >= 0.3 is 0 Å². The molecule has 52 heavy (non-hydrogen) atoms. The van der Waals surface area contributed by atoms with E-state index in [1.807, 2.05) is 72.8 Å². The van der Waals surface area contributed by atoms with E-state index in [1.54, 1.807) is 0 Å². The van der Waals surface area contributed by atoms with E-state index in [1.165, 1.54) is 0 Å². The number of hydrogen-bond acceptors (Lipinski definition) is 12. The van der Waals surface area contributed by atoms with E-state index in [9.17, 15) is 0 Å². The van der Waals surface area contributed by atoms with Crippen molar-refractivity contribution >= 4 is 21.5 Å². The van der Waals surface area contributed by atoms with Crippen molar-refractivity contribution in [1.29, 1.82) is 0 Å². The van der Waals surface area contributed by atoms with Crippen LogP contribution in [0.15, 0.2) is 72.8 Å². The van der Waals surface area contributed by atoms with Gasteiger partial charge in [0.1, 0.15) is 49.4 Å². The molecule has 0 spiro atoms.